The molecule has 0 radical (unpaired) electrons. The highest BCUT2D eigenvalue weighted by Crippen LogP contribution is 2.29. The predicted octanol–water partition coefficient (Wildman–Crippen LogP) is 3.68. The van der Waals surface area contributed by atoms with Gasteiger partial charge < -0.3 is 10.1 Å². The predicted molar refractivity (Wildman–Crippen MR) is 120 cm³/mol. The van der Waals surface area contributed by atoms with Gasteiger partial charge in [-0.3, -0.25) is 4.79 Å². The minimum atomic E-state index is -3.56. The van der Waals surface area contributed by atoms with Crippen LogP contribution in [-0.2, 0) is 26.0 Å². The van der Waals surface area contributed by atoms with Crippen molar-refractivity contribution in [2.24, 2.45) is 0 Å². The van der Waals surface area contributed by atoms with E-state index in [0.717, 1.165) is 29.0 Å². The first-order valence-electron chi connectivity index (χ1n) is 10.2. The third kappa shape index (κ3) is 5.44. The van der Waals surface area contributed by atoms with Gasteiger partial charge in [0.15, 0.2) is 5.13 Å². The number of halogens is 2. The van der Waals surface area contributed by atoms with E-state index < -0.39 is 21.7 Å². The third-order valence-electron chi connectivity index (χ3n) is 5.14. The third-order valence-corrected chi connectivity index (χ3v) is 7.81. The van der Waals surface area contributed by atoms with Crippen molar-refractivity contribution < 1.29 is 26.7 Å². The van der Waals surface area contributed by atoms with Gasteiger partial charge in [0.25, 0.3) is 0 Å². The van der Waals surface area contributed by atoms with E-state index in [0.29, 0.717) is 32.7 Å². The number of ether oxygens (including phenoxy) is 1. The van der Waals surface area contributed by atoms with E-state index in [1.807, 2.05) is 0 Å². The smallest absolute Gasteiger partial charge is 0.243 e. The van der Waals surface area contributed by atoms with Gasteiger partial charge in [-0.15, -0.1) is 11.3 Å². The number of hydrogen-bond donors (Lipinski definition) is 1. The summed E-state index contributed by atoms with van der Waals surface area (Å²) >= 11 is 1.07. The first kappa shape index (κ1) is 23.4. The normalized spacial score (nSPS) is 14.8. The largest absolute Gasteiger partial charge is 0.379 e. The lowest BCUT2D eigenvalue weighted by Crippen LogP contribution is -2.40. The minimum Gasteiger partial charge on any atom is -0.379 e. The first-order valence-corrected chi connectivity index (χ1v) is 12.5. The number of morpholine rings is 1. The number of amides is 1. The average molecular weight is 494 g/mol. The summed E-state index contributed by atoms with van der Waals surface area (Å²) in [6, 6.07) is 10.0. The fourth-order valence-electron chi connectivity index (χ4n) is 3.39. The Morgan fingerprint density at radius 1 is 1.09 bits per heavy atom. The molecule has 2 heterocycles. The Balaban J connectivity index is 1.34. The van der Waals surface area contributed by atoms with Crippen LogP contribution in [0.3, 0.4) is 0 Å². The zero-order valence-corrected chi connectivity index (χ0v) is 19.1. The average Bonchev–Trinajstić information content (AvgIpc) is 3.26. The molecule has 2 aromatic carbocycles. The molecule has 4 rings (SSSR count). The molecule has 0 bridgehead atoms. The minimum absolute atomic E-state index is 0.114. The molecule has 174 valence electrons. The number of thiazole rings is 1. The fourth-order valence-corrected chi connectivity index (χ4v) is 5.52. The molecule has 0 spiro atoms. The van der Waals surface area contributed by atoms with Crippen molar-refractivity contribution >= 4 is 32.4 Å². The number of hydrogen-bond acceptors (Lipinski definition) is 6. The van der Waals surface area contributed by atoms with E-state index in [1.165, 1.54) is 27.9 Å². The number of nitrogens with zero attached hydrogens (tertiary/aromatic N) is 2. The van der Waals surface area contributed by atoms with Gasteiger partial charge >= 0.3 is 0 Å². The molecule has 1 aliphatic heterocycles. The lowest BCUT2D eigenvalue weighted by molar-refractivity contribution is -0.116. The summed E-state index contributed by atoms with van der Waals surface area (Å²) in [7, 11) is -3.56. The molecule has 1 fully saturated rings. The van der Waals surface area contributed by atoms with Gasteiger partial charge in [-0.2, -0.15) is 4.31 Å². The van der Waals surface area contributed by atoms with Crippen LogP contribution in [0.25, 0.3) is 11.3 Å². The highest BCUT2D eigenvalue weighted by Gasteiger charge is 2.26. The molecule has 0 aliphatic carbocycles. The van der Waals surface area contributed by atoms with Crippen LogP contribution in [0.2, 0.25) is 0 Å². The van der Waals surface area contributed by atoms with Crippen molar-refractivity contribution in [1.82, 2.24) is 9.29 Å². The van der Waals surface area contributed by atoms with Crippen LogP contribution < -0.4 is 5.32 Å². The topological polar surface area (TPSA) is 88.6 Å². The second-order valence-corrected chi connectivity index (χ2v) is 10.1. The van der Waals surface area contributed by atoms with Crippen LogP contribution in [-0.4, -0.2) is 49.9 Å². The number of anilines is 1. The van der Waals surface area contributed by atoms with Crippen LogP contribution in [0.5, 0.6) is 0 Å². The van der Waals surface area contributed by atoms with Crippen LogP contribution in [0.4, 0.5) is 13.9 Å². The van der Waals surface area contributed by atoms with E-state index >= 15 is 0 Å². The van der Waals surface area contributed by atoms with Crippen LogP contribution >= 0.6 is 11.3 Å². The molecule has 1 saturated heterocycles. The monoisotopic (exact) mass is 493 g/mol. The molecule has 0 saturated carbocycles. The van der Waals surface area contributed by atoms with Gasteiger partial charge in [0.05, 0.1) is 29.4 Å². The fraction of sp³-hybridized carbons (Fsp3) is 0.273. The zero-order chi connectivity index (χ0) is 23.4. The summed E-state index contributed by atoms with van der Waals surface area (Å²) in [6.07, 6.45) is 0.530. The molecule has 33 heavy (non-hydrogen) atoms. The summed E-state index contributed by atoms with van der Waals surface area (Å²) < 4.78 is 59.8. The summed E-state index contributed by atoms with van der Waals surface area (Å²) in [5.41, 5.74) is 0.684. The van der Waals surface area contributed by atoms with Gasteiger partial charge in [0, 0.05) is 24.9 Å². The van der Waals surface area contributed by atoms with Crippen molar-refractivity contribution in [3.63, 3.8) is 0 Å². The number of rotatable bonds is 7. The Hall–Kier alpha value is -2.73. The summed E-state index contributed by atoms with van der Waals surface area (Å²) in [5.74, 6) is -1.76. The summed E-state index contributed by atoms with van der Waals surface area (Å²) in [5, 5.41) is 4.35. The van der Waals surface area contributed by atoms with Crippen molar-refractivity contribution in [2.75, 3.05) is 31.6 Å². The van der Waals surface area contributed by atoms with E-state index in [1.54, 1.807) is 12.1 Å². The first-order chi connectivity index (χ1) is 15.8. The van der Waals surface area contributed by atoms with Gasteiger partial charge in [0.2, 0.25) is 15.9 Å². The SMILES string of the molecule is O=C(CCc1ccc(S(=O)(=O)N2CCOCC2)cc1)Nc1nc(-c2c(F)cccc2F)cs1. The number of nitrogens with one attached hydrogen (secondary N) is 1. The number of aryl methyl sites for hydroxylation is 1. The Kier molecular flexibility index (Phi) is 7.13. The maximum Gasteiger partial charge on any atom is 0.243 e. The number of aromatic nitrogens is 1. The molecular weight excluding hydrogens is 472 g/mol. The Morgan fingerprint density at radius 3 is 2.42 bits per heavy atom. The summed E-state index contributed by atoms with van der Waals surface area (Å²) in [6.45, 7) is 1.41. The zero-order valence-electron chi connectivity index (χ0n) is 17.5. The lowest BCUT2D eigenvalue weighted by Gasteiger charge is -2.26. The lowest BCUT2D eigenvalue weighted by atomic mass is 10.1. The molecule has 0 unspecified atom stereocenters. The highest BCUT2D eigenvalue weighted by molar-refractivity contribution is 7.89. The maximum absolute atomic E-state index is 13.9. The quantitative estimate of drug-likeness (QED) is 0.543. The van der Waals surface area contributed by atoms with Crippen molar-refractivity contribution in [3.05, 3.63) is 65.0 Å². The Morgan fingerprint density at radius 2 is 1.76 bits per heavy atom. The van der Waals surface area contributed by atoms with E-state index in [9.17, 15) is 22.0 Å². The Bertz CT molecular complexity index is 1220. The molecule has 1 aliphatic rings. The second-order valence-electron chi connectivity index (χ2n) is 7.34. The summed E-state index contributed by atoms with van der Waals surface area (Å²) in [4.78, 5) is 16.6. The molecule has 1 aromatic heterocycles. The van der Waals surface area contributed by atoms with Crippen LogP contribution in [0, 0.1) is 11.6 Å². The number of sulfonamides is 1. The van der Waals surface area contributed by atoms with Crippen LogP contribution in [0.15, 0.2) is 52.7 Å². The van der Waals surface area contributed by atoms with Crippen molar-refractivity contribution in [3.8, 4) is 11.3 Å². The maximum atomic E-state index is 13.9. The molecule has 0 atom stereocenters. The highest BCUT2D eigenvalue weighted by atomic mass is 32.2. The van der Waals surface area contributed by atoms with Gasteiger partial charge in [0.1, 0.15) is 11.6 Å². The molecule has 7 nitrogen and oxygen atoms in total. The van der Waals surface area contributed by atoms with Crippen molar-refractivity contribution in [2.45, 2.75) is 17.7 Å². The van der Waals surface area contributed by atoms with Gasteiger partial charge in [-0.25, -0.2) is 22.2 Å². The molecular formula is C22H21F2N3O4S2. The van der Waals surface area contributed by atoms with Gasteiger partial charge in [-0.1, -0.05) is 18.2 Å². The number of carbonyl (C=O) groups excluding carboxylic acids is 1. The van der Waals surface area contributed by atoms with Gasteiger partial charge in [-0.05, 0) is 36.2 Å². The second kappa shape index (κ2) is 10.0. The molecule has 1 N–H and O–H groups in total. The van der Waals surface area contributed by atoms with E-state index in [2.05, 4.69) is 10.3 Å². The molecule has 1 amide bonds. The number of benzene rings is 2. The number of carbonyl (C=O) groups is 1. The molecule has 3 aromatic rings. The van der Waals surface area contributed by atoms with Crippen LogP contribution in [0.1, 0.15) is 12.0 Å². The Labute approximate surface area is 194 Å². The van der Waals surface area contributed by atoms with E-state index in [-0.39, 0.29) is 33.6 Å². The molecule has 11 heteroatoms. The van der Waals surface area contributed by atoms with Crippen molar-refractivity contribution in [1.29, 1.82) is 0 Å². The standard InChI is InChI=1S/C22H21F2N3O4S2/c23-17-2-1-3-18(24)21(17)19-14-32-22(25-19)26-20(28)9-6-15-4-7-16(8-5-15)33(29,30)27-10-12-31-13-11-27/h1-5,7-8,14H,6,9-13H2,(H,25,26,28). The van der Waals surface area contributed by atoms with E-state index in [4.69, 9.17) is 4.74 Å².